The second-order valence-corrected chi connectivity index (χ2v) is 8.13. The third kappa shape index (κ3) is 6.22. The Balaban J connectivity index is 1.74. The number of esters is 1. The van der Waals surface area contributed by atoms with Gasteiger partial charge in [0.05, 0.1) is 25.7 Å². The standard InChI is InChI=1S/C26H29NO6/c1-16(2)32-25(29)15-22(18-8-6-5-7-9-18)27-24(28)13-12-21-17(3)20-11-10-19(31-4)14-23(20)33-26(21)30/h5-11,14,16,22H,12-13,15H2,1-4H3,(H,27,28). The molecule has 0 aliphatic carbocycles. The summed E-state index contributed by atoms with van der Waals surface area (Å²) in [6, 6.07) is 14.0. The zero-order chi connectivity index (χ0) is 24.0. The maximum absolute atomic E-state index is 12.8. The summed E-state index contributed by atoms with van der Waals surface area (Å²) in [6.07, 6.45) is 0.0857. The van der Waals surface area contributed by atoms with Crippen LogP contribution in [-0.4, -0.2) is 25.1 Å². The Morgan fingerprint density at radius 1 is 1.09 bits per heavy atom. The van der Waals surface area contributed by atoms with E-state index in [-0.39, 0.29) is 37.2 Å². The molecule has 174 valence electrons. The van der Waals surface area contributed by atoms with Crippen molar-refractivity contribution in [2.45, 2.75) is 52.2 Å². The van der Waals surface area contributed by atoms with Crippen LogP contribution in [0.25, 0.3) is 11.0 Å². The molecule has 0 spiro atoms. The van der Waals surface area contributed by atoms with Crippen LogP contribution < -0.4 is 15.7 Å². The van der Waals surface area contributed by atoms with Gasteiger partial charge in [0.25, 0.3) is 0 Å². The van der Waals surface area contributed by atoms with Crippen molar-refractivity contribution in [3.05, 3.63) is 75.6 Å². The number of carbonyl (C=O) groups excluding carboxylic acids is 2. The van der Waals surface area contributed by atoms with Crippen LogP contribution in [0.2, 0.25) is 0 Å². The number of hydrogen-bond donors (Lipinski definition) is 1. The lowest BCUT2D eigenvalue weighted by atomic mass is 10.0. The van der Waals surface area contributed by atoms with E-state index in [2.05, 4.69) is 5.32 Å². The van der Waals surface area contributed by atoms with Crippen molar-refractivity contribution in [1.29, 1.82) is 0 Å². The fourth-order valence-electron chi connectivity index (χ4n) is 3.71. The van der Waals surface area contributed by atoms with E-state index in [1.807, 2.05) is 43.3 Å². The molecule has 1 atom stereocenters. The molecule has 3 rings (SSSR count). The summed E-state index contributed by atoms with van der Waals surface area (Å²) in [4.78, 5) is 37.5. The first kappa shape index (κ1) is 24.0. The van der Waals surface area contributed by atoms with Gasteiger partial charge in [-0.15, -0.1) is 0 Å². The van der Waals surface area contributed by atoms with Crippen LogP contribution in [0.5, 0.6) is 5.75 Å². The average molecular weight is 452 g/mol. The van der Waals surface area contributed by atoms with Gasteiger partial charge in [-0.05, 0) is 50.5 Å². The molecule has 7 nitrogen and oxygen atoms in total. The molecule has 1 unspecified atom stereocenters. The molecule has 1 heterocycles. The molecule has 2 aromatic carbocycles. The minimum atomic E-state index is -0.522. The molecule has 3 aromatic rings. The molecule has 7 heteroatoms. The van der Waals surface area contributed by atoms with Crippen molar-refractivity contribution in [1.82, 2.24) is 5.32 Å². The number of benzene rings is 2. The smallest absolute Gasteiger partial charge is 0.339 e. The topological polar surface area (TPSA) is 94.8 Å². The molecule has 33 heavy (non-hydrogen) atoms. The number of nitrogens with one attached hydrogen (secondary N) is 1. The maximum Gasteiger partial charge on any atom is 0.339 e. The van der Waals surface area contributed by atoms with E-state index in [0.29, 0.717) is 16.9 Å². The van der Waals surface area contributed by atoms with E-state index in [0.717, 1.165) is 16.5 Å². The highest BCUT2D eigenvalue weighted by molar-refractivity contribution is 5.83. The lowest BCUT2D eigenvalue weighted by Gasteiger charge is -2.19. The van der Waals surface area contributed by atoms with Crippen LogP contribution in [0.3, 0.4) is 0 Å². The van der Waals surface area contributed by atoms with Crippen molar-refractivity contribution in [2.75, 3.05) is 7.11 Å². The first-order valence-corrected chi connectivity index (χ1v) is 10.9. The molecule has 0 aliphatic rings. The summed E-state index contributed by atoms with van der Waals surface area (Å²) in [5, 5.41) is 3.71. The molecule has 0 radical (unpaired) electrons. The van der Waals surface area contributed by atoms with Crippen molar-refractivity contribution in [3.8, 4) is 5.75 Å². The Labute approximate surface area is 192 Å². The second kappa shape index (κ2) is 10.8. The molecule has 0 bridgehead atoms. The highest BCUT2D eigenvalue weighted by atomic mass is 16.5. The van der Waals surface area contributed by atoms with Crippen LogP contribution in [0.15, 0.2) is 57.7 Å². The molecule has 0 fully saturated rings. The van der Waals surface area contributed by atoms with Crippen LogP contribution in [0.4, 0.5) is 0 Å². The molecule has 0 aliphatic heterocycles. The van der Waals surface area contributed by atoms with Gasteiger partial charge in [-0.1, -0.05) is 30.3 Å². The molecule has 1 amide bonds. The Bertz CT molecular complexity index is 1180. The van der Waals surface area contributed by atoms with Crippen LogP contribution in [0.1, 0.15) is 49.4 Å². The van der Waals surface area contributed by atoms with Gasteiger partial charge >= 0.3 is 11.6 Å². The molecule has 1 N–H and O–H groups in total. The predicted octanol–water partition coefficient (Wildman–Crippen LogP) is 4.24. The number of rotatable bonds is 9. The summed E-state index contributed by atoms with van der Waals surface area (Å²) in [5.41, 5.74) is 2.01. The van der Waals surface area contributed by atoms with Gasteiger partial charge in [-0.3, -0.25) is 9.59 Å². The number of carbonyl (C=O) groups is 2. The number of fused-ring (bicyclic) bond motifs is 1. The number of aryl methyl sites for hydroxylation is 1. The molecular formula is C26H29NO6. The summed E-state index contributed by atoms with van der Waals surface area (Å²) in [6.45, 7) is 5.40. The van der Waals surface area contributed by atoms with Gasteiger partial charge in [0.1, 0.15) is 11.3 Å². The fraction of sp³-hybridized carbons (Fsp3) is 0.346. The van der Waals surface area contributed by atoms with Gasteiger partial charge in [0.2, 0.25) is 5.91 Å². The van der Waals surface area contributed by atoms with Crippen molar-refractivity contribution in [3.63, 3.8) is 0 Å². The highest BCUT2D eigenvalue weighted by Gasteiger charge is 2.21. The summed E-state index contributed by atoms with van der Waals surface area (Å²) < 4.78 is 15.9. The largest absolute Gasteiger partial charge is 0.497 e. The van der Waals surface area contributed by atoms with Crippen molar-refractivity contribution < 1.29 is 23.5 Å². The van der Waals surface area contributed by atoms with Gasteiger partial charge in [0.15, 0.2) is 0 Å². The minimum absolute atomic E-state index is 0.0207. The average Bonchev–Trinajstić information content (AvgIpc) is 2.78. The quantitative estimate of drug-likeness (QED) is 0.386. The van der Waals surface area contributed by atoms with E-state index in [4.69, 9.17) is 13.9 Å². The first-order valence-electron chi connectivity index (χ1n) is 10.9. The monoisotopic (exact) mass is 451 g/mol. The van der Waals surface area contributed by atoms with Crippen molar-refractivity contribution >= 4 is 22.8 Å². The molecule has 0 saturated heterocycles. The Morgan fingerprint density at radius 3 is 2.48 bits per heavy atom. The zero-order valence-electron chi connectivity index (χ0n) is 19.3. The van der Waals surface area contributed by atoms with E-state index >= 15 is 0 Å². The Kier molecular flexibility index (Phi) is 7.87. The SMILES string of the molecule is COc1ccc2c(C)c(CCC(=O)NC(CC(=O)OC(C)C)c3ccccc3)c(=O)oc2c1. The molecule has 0 saturated carbocycles. The highest BCUT2D eigenvalue weighted by Crippen LogP contribution is 2.24. The van der Waals surface area contributed by atoms with E-state index < -0.39 is 11.7 Å². The van der Waals surface area contributed by atoms with Gasteiger partial charge in [0, 0.05) is 23.4 Å². The molecular weight excluding hydrogens is 422 g/mol. The predicted molar refractivity (Wildman–Crippen MR) is 125 cm³/mol. The fourth-order valence-corrected chi connectivity index (χ4v) is 3.71. The minimum Gasteiger partial charge on any atom is -0.497 e. The van der Waals surface area contributed by atoms with Crippen molar-refractivity contribution in [2.24, 2.45) is 0 Å². The lowest BCUT2D eigenvalue weighted by molar-refractivity contribution is -0.148. The summed E-state index contributed by atoms with van der Waals surface area (Å²) in [7, 11) is 1.55. The van der Waals surface area contributed by atoms with E-state index in [1.54, 1.807) is 33.1 Å². The van der Waals surface area contributed by atoms with Crippen LogP contribution in [-0.2, 0) is 20.7 Å². The number of amides is 1. The summed E-state index contributed by atoms with van der Waals surface area (Å²) in [5.74, 6) is -0.0597. The maximum atomic E-state index is 12.8. The number of methoxy groups -OCH3 is 1. The normalized spacial score (nSPS) is 11.9. The molecule has 1 aromatic heterocycles. The summed E-state index contributed by atoms with van der Waals surface area (Å²) >= 11 is 0. The van der Waals surface area contributed by atoms with E-state index in [1.165, 1.54) is 0 Å². The lowest BCUT2D eigenvalue weighted by Crippen LogP contribution is -2.31. The van der Waals surface area contributed by atoms with Gasteiger partial charge < -0.3 is 19.2 Å². The van der Waals surface area contributed by atoms with Gasteiger partial charge in [-0.25, -0.2) is 4.79 Å². The van der Waals surface area contributed by atoms with Gasteiger partial charge in [-0.2, -0.15) is 0 Å². The zero-order valence-corrected chi connectivity index (χ0v) is 19.3. The Morgan fingerprint density at radius 2 is 1.82 bits per heavy atom. The number of hydrogen-bond acceptors (Lipinski definition) is 6. The number of ether oxygens (including phenoxy) is 2. The van der Waals surface area contributed by atoms with Crippen LogP contribution in [0, 0.1) is 6.92 Å². The third-order valence-corrected chi connectivity index (χ3v) is 5.37. The first-order chi connectivity index (χ1) is 15.8. The third-order valence-electron chi connectivity index (χ3n) is 5.37. The van der Waals surface area contributed by atoms with Crippen LogP contribution >= 0.6 is 0 Å². The Hall–Kier alpha value is -3.61. The van der Waals surface area contributed by atoms with E-state index in [9.17, 15) is 14.4 Å². The second-order valence-electron chi connectivity index (χ2n) is 8.13.